The third kappa shape index (κ3) is 4.44. The molecule has 5 nitrogen and oxygen atoms in total. The van der Waals surface area contributed by atoms with E-state index in [1.54, 1.807) is 31.4 Å². The van der Waals surface area contributed by atoms with Gasteiger partial charge in [-0.15, -0.1) is 0 Å². The minimum atomic E-state index is -1.38. The van der Waals surface area contributed by atoms with E-state index >= 15 is 0 Å². The molecule has 1 heterocycles. The van der Waals surface area contributed by atoms with Gasteiger partial charge in [-0.1, -0.05) is 60.7 Å². The van der Waals surface area contributed by atoms with Gasteiger partial charge in [-0.05, 0) is 29.3 Å². The van der Waals surface area contributed by atoms with Gasteiger partial charge in [0.15, 0.2) is 0 Å². The third-order valence-electron chi connectivity index (χ3n) is 6.08. The summed E-state index contributed by atoms with van der Waals surface area (Å²) in [7, 11) is 1.62. The number of ether oxygens (including phenoxy) is 2. The lowest BCUT2D eigenvalue weighted by atomic mass is 9.72. The predicted octanol–water partition coefficient (Wildman–Crippen LogP) is 3.75. The Bertz CT molecular complexity index is 970. The lowest BCUT2D eigenvalue weighted by Gasteiger charge is -2.41. The molecule has 0 aliphatic carbocycles. The summed E-state index contributed by atoms with van der Waals surface area (Å²) in [5.74, 6) is 0.518. The van der Waals surface area contributed by atoms with Gasteiger partial charge >= 0.3 is 0 Å². The third-order valence-corrected chi connectivity index (χ3v) is 6.08. The minimum Gasteiger partial charge on any atom is -0.508 e. The zero-order valence-corrected chi connectivity index (χ0v) is 17.8. The molecule has 0 bridgehead atoms. The van der Waals surface area contributed by atoms with Crippen LogP contribution in [0.25, 0.3) is 0 Å². The van der Waals surface area contributed by atoms with Gasteiger partial charge in [0.25, 0.3) is 0 Å². The Hall–Kier alpha value is -2.86. The smallest absolute Gasteiger partial charge is 0.126 e. The van der Waals surface area contributed by atoms with Crippen molar-refractivity contribution in [1.82, 2.24) is 4.90 Å². The lowest BCUT2D eigenvalue weighted by Crippen LogP contribution is -2.45. The van der Waals surface area contributed by atoms with Crippen LogP contribution in [0.2, 0.25) is 0 Å². The van der Waals surface area contributed by atoms with Crippen molar-refractivity contribution in [2.75, 3.05) is 40.0 Å². The summed E-state index contributed by atoms with van der Waals surface area (Å²) in [5, 5.41) is 22.5. The Morgan fingerprint density at radius 3 is 2.26 bits per heavy atom. The molecule has 1 saturated heterocycles. The summed E-state index contributed by atoms with van der Waals surface area (Å²) in [6.45, 7) is 3.67. The topological polar surface area (TPSA) is 62.2 Å². The van der Waals surface area contributed by atoms with Gasteiger partial charge in [0.05, 0.1) is 20.3 Å². The van der Waals surface area contributed by atoms with E-state index in [0.29, 0.717) is 36.6 Å². The van der Waals surface area contributed by atoms with Gasteiger partial charge in [-0.3, -0.25) is 4.90 Å². The van der Waals surface area contributed by atoms with Gasteiger partial charge in [0, 0.05) is 31.1 Å². The summed E-state index contributed by atoms with van der Waals surface area (Å²) in [6.07, 6.45) is 0. The maximum Gasteiger partial charge on any atom is 0.126 e. The molecule has 162 valence electrons. The molecule has 0 amide bonds. The van der Waals surface area contributed by atoms with E-state index in [-0.39, 0.29) is 11.7 Å². The first-order valence-corrected chi connectivity index (χ1v) is 10.6. The number of hydrogen-bond donors (Lipinski definition) is 2. The lowest BCUT2D eigenvalue weighted by molar-refractivity contribution is -0.000148. The molecule has 1 aliphatic rings. The van der Waals surface area contributed by atoms with E-state index in [9.17, 15) is 10.2 Å². The van der Waals surface area contributed by atoms with E-state index in [4.69, 9.17) is 9.47 Å². The molecule has 1 fully saturated rings. The number of aromatic hydroxyl groups is 1. The van der Waals surface area contributed by atoms with Crippen LogP contribution in [0.3, 0.4) is 0 Å². The van der Waals surface area contributed by atoms with Gasteiger partial charge in [0.1, 0.15) is 17.1 Å². The number of benzene rings is 3. The van der Waals surface area contributed by atoms with Crippen LogP contribution < -0.4 is 4.74 Å². The van der Waals surface area contributed by atoms with Gasteiger partial charge in [-0.2, -0.15) is 0 Å². The number of morpholine rings is 1. The fraction of sp³-hybridized carbons (Fsp3) is 0.308. The number of methoxy groups -OCH3 is 1. The fourth-order valence-corrected chi connectivity index (χ4v) is 4.43. The highest BCUT2D eigenvalue weighted by Crippen LogP contribution is 2.46. The summed E-state index contributed by atoms with van der Waals surface area (Å²) in [6, 6.07) is 24.5. The highest BCUT2D eigenvalue weighted by atomic mass is 16.5. The number of aliphatic hydroxyl groups is 1. The molecule has 3 aromatic rings. The zero-order chi connectivity index (χ0) is 21.7. The van der Waals surface area contributed by atoms with E-state index in [2.05, 4.69) is 17.0 Å². The normalized spacial score (nSPS) is 17.6. The maximum atomic E-state index is 12.6. The first kappa shape index (κ1) is 21.4. The van der Waals surface area contributed by atoms with Crippen LogP contribution >= 0.6 is 0 Å². The number of rotatable bonds is 7. The molecule has 31 heavy (non-hydrogen) atoms. The van der Waals surface area contributed by atoms with E-state index in [1.165, 1.54) is 0 Å². The summed E-state index contributed by atoms with van der Waals surface area (Å²) in [4.78, 5) is 2.34. The van der Waals surface area contributed by atoms with Crippen LogP contribution in [0, 0.1) is 0 Å². The van der Waals surface area contributed by atoms with Crippen molar-refractivity contribution in [1.29, 1.82) is 0 Å². The predicted molar refractivity (Wildman–Crippen MR) is 121 cm³/mol. The molecule has 0 saturated carbocycles. The zero-order valence-electron chi connectivity index (χ0n) is 17.8. The molecule has 1 aliphatic heterocycles. The summed E-state index contributed by atoms with van der Waals surface area (Å²) < 4.78 is 11.2. The summed E-state index contributed by atoms with van der Waals surface area (Å²) >= 11 is 0. The number of nitrogens with zero attached hydrogens (tertiary/aromatic N) is 1. The van der Waals surface area contributed by atoms with Crippen molar-refractivity contribution >= 4 is 0 Å². The molecule has 5 heteroatoms. The van der Waals surface area contributed by atoms with Crippen molar-refractivity contribution in [2.24, 2.45) is 0 Å². The molecule has 0 aromatic heterocycles. The quantitative estimate of drug-likeness (QED) is 0.611. The standard InChI is InChI=1S/C26H29NO4/c1-30-25-10-6-5-9-23(25)26(29,21-11-13-22(28)14-12-21)24(20-7-3-2-4-8-20)19-27-15-17-31-18-16-27/h2-14,24,28-29H,15-19H2,1H3. The Kier molecular flexibility index (Phi) is 6.56. The number of phenols is 1. The highest BCUT2D eigenvalue weighted by Gasteiger charge is 2.44. The number of hydrogen-bond acceptors (Lipinski definition) is 5. The van der Waals surface area contributed by atoms with E-state index in [1.807, 2.05) is 42.5 Å². The number of para-hydroxylation sites is 1. The average molecular weight is 420 g/mol. The average Bonchev–Trinajstić information content (AvgIpc) is 2.83. The van der Waals surface area contributed by atoms with Gasteiger partial charge in [-0.25, -0.2) is 0 Å². The molecule has 3 aromatic carbocycles. The maximum absolute atomic E-state index is 12.6. The van der Waals surface area contributed by atoms with Crippen molar-refractivity contribution in [3.8, 4) is 11.5 Å². The molecule has 0 radical (unpaired) electrons. The van der Waals surface area contributed by atoms with Crippen molar-refractivity contribution in [2.45, 2.75) is 11.5 Å². The van der Waals surface area contributed by atoms with Crippen molar-refractivity contribution < 1.29 is 19.7 Å². The SMILES string of the molecule is COc1ccccc1C(O)(c1ccc(O)cc1)C(CN1CCOCC1)c1ccccc1. The van der Waals surface area contributed by atoms with Crippen LogP contribution in [0.15, 0.2) is 78.9 Å². The Labute approximate surface area is 183 Å². The molecular weight excluding hydrogens is 390 g/mol. The largest absolute Gasteiger partial charge is 0.508 e. The molecule has 0 spiro atoms. The second-order valence-corrected chi connectivity index (χ2v) is 7.89. The van der Waals surface area contributed by atoms with Crippen LogP contribution in [-0.4, -0.2) is 55.1 Å². The first-order valence-electron chi connectivity index (χ1n) is 10.6. The monoisotopic (exact) mass is 419 g/mol. The second-order valence-electron chi connectivity index (χ2n) is 7.89. The Morgan fingerprint density at radius 2 is 1.58 bits per heavy atom. The number of phenolic OH excluding ortho intramolecular Hbond substituents is 1. The Morgan fingerprint density at radius 1 is 0.935 bits per heavy atom. The van der Waals surface area contributed by atoms with Crippen LogP contribution in [0.5, 0.6) is 11.5 Å². The van der Waals surface area contributed by atoms with Gasteiger partial charge < -0.3 is 19.7 Å². The summed E-state index contributed by atoms with van der Waals surface area (Å²) in [5.41, 5.74) is 1.07. The minimum absolute atomic E-state index is 0.163. The Balaban J connectivity index is 1.90. The molecule has 2 N–H and O–H groups in total. The fourth-order valence-electron chi connectivity index (χ4n) is 4.43. The molecule has 2 atom stereocenters. The van der Waals surface area contributed by atoms with Crippen LogP contribution in [-0.2, 0) is 10.3 Å². The van der Waals surface area contributed by atoms with Gasteiger partial charge in [0.2, 0.25) is 0 Å². The first-order chi connectivity index (χ1) is 15.1. The molecule has 2 unspecified atom stereocenters. The molecular formula is C26H29NO4. The van der Waals surface area contributed by atoms with Crippen LogP contribution in [0.4, 0.5) is 0 Å². The van der Waals surface area contributed by atoms with Crippen molar-refractivity contribution in [3.63, 3.8) is 0 Å². The van der Waals surface area contributed by atoms with Crippen LogP contribution in [0.1, 0.15) is 22.6 Å². The van der Waals surface area contributed by atoms with E-state index < -0.39 is 5.60 Å². The van der Waals surface area contributed by atoms with E-state index in [0.717, 1.165) is 18.7 Å². The van der Waals surface area contributed by atoms with Crippen molar-refractivity contribution in [3.05, 3.63) is 95.6 Å². The second kappa shape index (κ2) is 9.52. The highest BCUT2D eigenvalue weighted by molar-refractivity contribution is 5.49. The molecule has 4 rings (SSSR count).